The first-order valence-electron chi connectivity index (χ1n) is 6.44. The van der Waals surface area contributed by atoms with Crippen molar-refractivity contribution >= 4 is 5.91 Å². The second-order valence-corrected chi connectivity index (χ2v) is 4.78. The van der Waals surface area contributed by atoms with Gasteiger partial charge in [-0.25, -0.2) is 4.39 Å². The Morgan fingerprint density at radius 3 is 2.72 bits per heavy atom. The summed E-state index contributed by atoms with van der Waals surface area (Å²) in [7, 11) is 0. The lowest BCUT2D eigenvalue weighted by molar-refractivity contribution is -0.126. The van der Waals surface area contributed by atoms with Crippen LogP contribution < -0.4 is 10.6 Å². The van der Waals surface area contributed by atoms with Crippen molar-refractivity contribution in [2.24, 2.45) is 5.92 Å². The molecule has 2 rings (SSSR count). The molecule has 0 bridgehead atoms. The molecule has 18 heavy (non-hydrogen) atoms. The van der Waals surface area contributed by atoms with Gasteiger partial charge in [0.1, 0.15) is 5.82 Å². The van der Waals surface area contributed by atoms with Crippen LogP contribution in [0.2, 0.25) is 0 Å². The Hall–Kier alpha value is -1.42. The summed E-state index contributed by atoms with van der Waals surface area (Å²) in [6.07, 6.45) is 1.71. The highest BCUT2D eigenvalue weighted by atomic mass is 19.1. The van der Waals surface area contributed by atoms with Crippen molar-refractivity contribution in [3.63, 3.8) is 0 Å². The molecule has 1 aliphatic heterocycles. The third-order valence-corrected chi connectivity index (χ3v) is 3.44. The molecule has 1 fully saturated rings. The first kappa shape index (κ1) is 13.0. The van der Waals surface area contributed by atoms with Gasteiger partial charge in [0.15, 0.2) is 0 Å². The number of piperidine rings is 1. The van der Waals surface area contributed by atoms with Crippen LogP contribution in [-0.4, -0.2) is 19.0 Å². The lowest BCUT2D eigenvalue weighted by Crippen LogP contribution is -2.39. The van der Waals surface area contributed by atoms with E-state index in [-0.39, 0.29) is 23.7 Å². The van der Waals surface area contributed by atoms with Crippen LogP contribution >= 0.6 is 0 Å². The van der Waals surface area contributed by atoms with E-state index < -0.39 is 0 Å². The van der Waals surface area contributed by atoms with Gasteiger partial charge in [-0.1, -0.05) is 18.2 Å². The van der Waals surface area contributed by atoms with Gasteiger partial charge < -0.3 is 10.6 Å². The van der Waals surface area contributed by atoms with E-state index in [1.807, 2.05) is 6.92 Å². The maximum Gasteiger partial charge on any atom is 0.223 e. The predicted molar refractivity (Wildman–Crippen MR) is 68.6 cm³/mol. The van der Waals surface area contributed by atoms with Crippen molar-refractivity contribution in [2.45, 2.75) is 25.8 Å². The van der Waals surface area contributed by atoms with Crippen molar-refractivity contribution in [1.82, 2.24) is 10.6 Å². The molecule has 0 aliphatic carbocycles. The van der Waals surface area contributed by atoms with Crippen molar-refractivity contribution in [1.29, 1.82) is 0 Å². The zero-order chi connectivity index (χ0) is 13.0. The Morgan fingerprint density at radius 2 is 2.06 bits per heavy atom. The third-order valence-electron chi connectivity index (χ3n) is 3.44. The van der Waals surface area contributed by atoms with E-state index in [1.165, 1.54) is 6.07 Å². The van der Waals surface area contributed by atoms with Gasteiger partial charge >= 0.3 is 0 Å². The van der Waals surface area contributed by atoms with E-state index in [0.29, 0.717) is 5.56 Å². The number of hydrogen-bond donors (Lipinski definition) is 2. The zero-order valence-corrected chi connectivity index (χ0v) is 10.6. The molecule has 1 aromatic rings. The molecule has 3 nitrogen and oxygen atoms in total. The van der Waals surface area contributed by atoms with Crippen LogP contribution in [-0.2, 0) is 4.79 Å². The molecule has 4 heteroatoms. The second-order valence-electron chi connectivity index (χ2n) is 4.78. The van der Waals surface area contributed by atoms with Gasteiger partial charge in [0.25, 0.3) is 0 Å². The molecule has 1 aromatic carbocycles. The molecule has 0 radical (unpaired) electrons. The van der Waals surface area contributed by atoms with Gasteiger partial charge in [-0.05, 0) is 38.9 Å². The number of rotatable bonds is 3. The van der Waals surface area contributed by atoms with E-state index in [9.17, 15) is 9.18 Å². The lowest BCUT2D eigenvalue weighted by Gasteiger charge is -2.24. The second kappa shape index (κ2) is 5.96. The van der Waals surface area contributed by atoms with Crippen LogP contribution in [0.25, 0.3) is 0 Å². The van der Waals surface area contributed by atoms with Gasteiger partial charge in [-0.15, -0.1) is 0 Å². The minimum Gasteiger partial charge on any atom is -0.349 e. The van der Waals surface area contributed by atoms with Crippen LogP contribution in [0.5, 0.6) is 0 Å². The normalized spacial score (nSPS) is 18.3. The van der Waals surface area contributed by atoms with Gasteiger partial charge in [0, 0.05) is 11.5 Å². The minimum atomic E-state index is -0.284. The molecule has 0 aromatic heterocycles. The smallest absolute Gasteiger partial charge is 0.223 e. The van der Waals surface area contributed by atoms with Crippen molar-refractivity contribution < 1.29 is 9.18 Å². The third kappa shape index (κ3) is 3.07. The monoisotopic (exact) mass is 250 g/mol. The number of benzene rings is 1. The van der Waals surface area contributed by atoms with Crippen molar-refractivity contribution in [3.8, 4) is 0 Å². The highest BCUT2D eigenvalue weighted by molar-refractivity contribution is 5.79. The van der Waals surface area contributed by atoms with Gasteiger partial charge in [0.2, 0.25) is 5.91 Å². The summed E-state index contributed by atoms with van der Waals surface area (Å²) in [5.41, 5.74) is 0.541. The molecule has 1 unspecified atom stereocenters. The van der Waals surface area contributed by atoms with Gasteiger partial charge in [0.05, 0.1) is 6.04 Å². The molecule has 2 N–H and O–H groups in total. The van der Waals surface area contributed by atoms with E-state index in [2.05, 4.69) is 10.6 Å². The molecule has 1 heterocycles. The Kier molecular flexibility index (Phi) is 4.31. The lowest BCUT2D eigenvalue weighted by atomic mass is 9.96. The fourth-order valence-corrected chi connectivity index (χ4v) is 2.32. The zero-order valence-electron chi connectivity index (χ0n) is 10.6. The fraction of sp³-hybridized carbons (Fsp3) is 0.500. The van der Waals surface area contributed by atoms with Crippen LogP contribution in [0.15, 0.2) is 24.3 Å². The molecule has 1 saturated heterocycles. The summed E-state index contributed by atoms with van der Waals surface area (Å²) in [6.45, 7) is 3.58. The van der Waals surface area contributed by atoms with Gasteiger partial charge in [-0.3, -0.25) is 4.79 Å². The molecule has 0 spiro atoms. The summed E-state index contributed by atoms with van der Waals surface area (Å²) in [5, 5.41) is 6.12. The van der Waals surface area contributed by atoms with E-state index in [0.717, 1.165) is 25.9 Å². The van der Waals surface area contributed by atoms with Gasteiger partial charge in [-0.2, -0.15) is 0 Å². The van der Waals surface area contributed by atoms with Crippen LogP contribution in [0.1, 0.15) is 31.4 Å². The Labute approximate surface area is 107 Å². The number of hydrogen-bond acceptors (Lipinski definition) is 2. The van der Waals surface area contributed by atoms with Crippen LogP contribution in [0.3, 0.4) is 0 Å². The number of amides is 1. The maximum absolute atomic E-state index is 13.6. The standard InChI is InChI=1S/C14H19FN2O/c1-10(12-4-2-3-5-13(12)15)17-14(18)11-6-8-16-9-7-11/h2-5,10-11,16H,6-9H2,1H3,(H,17,18). The summed E-state index contributed by atoms with van der Waals surface area (Å²) in [6, 6.07) is 6.28. The van der Waals surface area contributed by atoms with Crippen LogP contribution in [0, 0.1) is 11.7 Å². The largest absolute Gasteiger partial charge is 0.349 e. The van der Waals surface area contributed by atoms with Crippen LogP contribution in [0.4, 0.5) is 4.39 Å². The van der Waals surface area contributed by atoms with E-state index in [1.54, 1.807) is 18.2 Å². The Morgan fingerprint density at radius 1 is 1.39 bits per heavy atom. The Bertz CT molecular complexity index is 416. The van der Waals surface area contributed by atoms with E-state index >= 15 is 0 Å². The SMILES string of the molecule is CC(NC(=O)C1CCNCC1)c1ccccc1F. The summed E-state index contributed by atoms with van der Waals surface area (Å²) < 4.78 is 13.6. The number of nitrogens with one attached hydrogen (secondary N) is 2. The number of carbonyl (C=O) groups excluding carboxylic acids is 1. The fourth-order valence-electron chi connectivity index (χ4n) is 2.32. The molecule has 98 valence electrons. The highest BCUT2D eigenvalue weighted by Gasteiger charge is 2.22. The number of halogens is 1. The minimum absolute atomic E-state index is 0.0345. The molecular weight excluding hydrogens is 231 g/mol. The molecular formula is C14H19FN2O. The average Bonchev–Trinajstić information content (AvgIpc) is 2.40. The molecule has 0 saturated carbocycles. The first-order valence-corrected chi connectivity index (χ1v) is 6.44. The Balaban J connectivity index is 1.96. The topological polar surface area (TPSA) is 41.1 Å². The maximum atomic E-state index is 13.6. The predicted octanol–water partition coefficient (Wildman–Crippen LogP) is 2.00. The summed E-state index contributed by atoms with van der Waals surface area (Å²) in [5.74, 6) is -0.177. The summed E-state index contributed by atoms with van der Waals surface area (Å²) >= 11 is 0. The average molecular weight is 250 g/mol. The number of carbonyl (C=O) groups is 1. The van der Waals surface area contributed by atoms with Crippen molar-refractivity contribution in [3.05, 3.63) is 35.6 Å². The molecule has 1 atom stereocenters. The first-order chi connectivity index (χ1) is 8.68. The van der Waals surface area contributed by atoms with Crippen molar-refractivity contribution in [2.75, 3.05) is 13.1 Å². The highest BCUT2D eigenvalue weighted by Crippen LogP contribution is 2.18. The van der Waals surface area contributed by atoms with E-state index in [4.69, 9.17) is 0 Å². The molecule has 1 amide bonds. The molecule has 1 aliphatic rings. The summed E-state index contributed by atoms with van der Waals surface area (Å²) in [4.78, 5) is 12.0. The quantitative estimate of drug-likeness (QED) is 0.861.